The Balaban J connectivity index is 2.06. The number of aromatic nitrogens is 1. The molecular formula is C16H13NO2S. The first-order valence-corrected chi connectivity index (χ1v) is 6.98. The van der Waals surface area contributed by atoms with Gasteiger partial charge in [0.15, 0.2) is 0 Å². The van der Waals surface area contributed by atoms with E-state index in [0.29, 0.717) is 0 Å². The van der Waals surface area contributed by atoms with E-state index in [9.17, 15) is 5.11 Å². The van der Waals surface area contributed by atoms with Crippen molar-refractivity contribution in [2.45, 2.75) is 9.92 Å². The quantitative estimate of drug-likeness (QED) is 0.786. The number of hydrogen-bond acceptors (Lipinski definition) is 4. The van der Waals surface area contributed by atoms with E-state index < -0.39 is 0 Å². The van der Waals surface area contributed by atoms with Gasteiger partial charge < -0.3 is 9.84 Å². The van der Waals surface area contributed by atoms with Gasteiger partial charge in [-0.15, -0.1) is 0 Å². The van der Waals surface area contributed by atoms with E-state index in [-0.39, 0.29) is 5.75 Å². The molecule has 0 aliphatic heterocycles. The molecule has 1 aromatic heterocycles. The fraction of sp³-hybridized carbons (Fsp3) is 0.0625. The normalized spacial score (nSPS) is 10.7. The van der Waals surface area contributed by atoms with Gasteiger partial charge in [-0.1, -0.05) is 23.9 Å². The van der Waals surface area contributed by atoms with Crippen LogP contribution < -0.4 is 4.74 Å². The average molecular weight is 283 g/mol. The van der Waals surface area contributed by atoms with E-state index in [1.807, 2.05) is 36.4 Å². The summed E-state index contributed by atoms with van der Waals surface area (Å²) in [5.74, 6) is 1.09. The number of methoxy groups -OCH3 is 1. The molecule has 0 fully saturated rings. The zero-order chi connectivity index (χ0) is 13.9. The highest BCUT2D eigenvalue weighted by Crippen LogP contribution is 2.36. The number of aromatic hydroxyl groups is 1. The standard InChI is InChI=1S/C16H13NO2S/c1-19-12-6-7-13-11(10-12)8-9-17-16(13)20-15-5-3-2-4-14(15)18/h2-10,18H,1H3. The zero-order valence-electron chi connectivity index (χ0n) is 10.9. The van der Waals surface area contributed by atoms with Crippen molar-refractivity contribution in [2.75, 3.05) is 7.11 Å². The molecule has 0 atom stereocenters. The lowest BCUT2D eigenvalue weighted by atomic mass is 10.2. The molecule has 0 saturated heterocycles. The molecular weight excluding hydrogens is 270 g/mol. The Bertz CT molecular complexity index is 758. The highest BCUT2D eigenvalue weighted by atomic mass is 32.2. The van der Waals surface area contributed by atoms with Crippen molar-refractivity contribution in [1.29, 1.82) is 0 Å². The van der Waals surface area contributed by atoms with Crippen molar-refractivity contribution in [3.05, 3.63) is 54.7 Å². The van der Waals surface area contributed by atoms with Gasteiger partial charge in [0, 0.05) is 11.6 Å². The second-order valence-electron chi connectivity index (χ2n) is 4.27. The Labute approximate surface area is 121 Å². The summed E-state index contributed by atoms with van der Waals surface area (Å²) >= 11 is 1.46. The number of phenolic OH excluding ortho intramolecular Hbond substituents is 1. The summed E-state index contributed by atoms with van der Waals surface area (Å²) in [6.07, 6.45) is 1.77. The molecule has 0 spiro atoms. The number of para-hydroxylation sites is 1. The molecule has 0 aliphatic rings. The van der Waals surface area contributed by atoms with E-state index >= 15 is 0 Å². The van der Waals surface area contributed by atoms with Gasteiger partial charge in [-0.25, -0.2) is 4.98 Å². The molecule has 1 N–H and O–H groups in total. The topological polar surface area (TPSA) is 42.4 Å². The van der Waals surface area contributed by atoms with Gasteiger partial charge in [0.2, 0.25) is 0 Å². The number of rotatable bonds is 3. The van der Waals surface area contributed by atoms with E-state index in [1.54, 1.807) is 25.4 Å². The summed E-state index contributed by atoms with van der Waals surface area (Å²) in [5, 5.41) is 12.8. The number of phenols is 1. The van der Waals surface area contributed by atoms with Crippen LogP contribution in [0.2, 0.25) is 0 Å². The predicted molar refractivity (Wildman–Crippen MR) is 80.5 cm³/mol. The van der Waals surface area contributed by atoms with Gasteiger partial charge in [0.1, 0.15) is 16.5 Å². The zero-order valence-corrected chi connectivity index (χ0v) is 11.7. The van der Waals surface area contributed by atoms with E-state index in [2.05, 4.69) is 4.98 Å². The Hall–Kier alpha value is -2.20. The molecule has 3 nitrogen and oxygen atoms in total. The molecule has 0 saturated carbocycles. The maximum atomic E-state index is 9.86. The van der Waals surface area contributed by atoms with Crippen LogP contribution in [0.5, 0.6) is 11.5 Å². The van der Waals surface area contributed by atoms with Crippen LogP contribution in [0.4, 0.5) is 0 Å². The molecule has 0 unspecified atom stereocenters. The van der Waals surface area contributed by atoms with Crippen LogP contribution in [-0.4, -0.2) is 17.2 Å². The first kappa shape index (κ1) is 12.8. The maximum absolute atomic E-state index is 9.86. The second-order valence-corrected chi connectivity index (χ2v) is 5.30. The second kappa shape index (κ2) is 5.43. The maximum Gasteiger partial charge on any atom is 0.129 e. The van der Waals surface area contributed by atoms with Crippen LogP contribution in [0, 0.1) is 0 Å². The number of pyridine rings is 1. The molecule has 3 aromatic rings. The van der Waals surface area contributed by atoms with Gasteiger partial charge in [-0.2, -0.15) is 0 Å². The van der Waals surface area contributed by atoms with Crippen LogP contribution in [0.3, 0.4) is 0 Å². The Kier molecular flexibility index (Phi) is 3.48. The molecule has 0 aliphatic carbocycles. The van der Waals surface area contributed by atoms with Gasteiger partial charge in [-0.05, 0) is 41.8 Å². The van der Waals surface area contributed by atoms with E-state index in [1.165, 1.54) is 11.8 Å². The minimum Gasteiger partial charge on any atom is -0.507 e. The lowest BCUT2D eigenvalue weighted by molar-refractivity contribution is 0.415. The fourth-order valence-electron chi connectivity index (χ4n) is 1.98. The van der Waals surface area contributed by atoms with E-state index in [0.717, 1.165) is 26.4 Å². The summed E-state index contributed by atoms with van der Waals surface area (Å²) in [4.78, 5) is 5.20. The SMILES string of the molecule is COc1ccc2c(Sc3ccccc3O)nccc2c1. The smallest absolute Gasteiger partial charge is 0.129 e. The Morgan fingerprint density at radius 1 is 1.10 bits per heavy atom. The summed E-state index contributed by atoms with van der Waals surface area (Å²) in [5.41, 5.74) is 0. The van der Waals surface area contributed by atoms with Crippen LogP contribution in [0.15, 0.2) is 64.6 Å². The minimum atomic E-state index is 0.268. The Morgan fingerprint density at radius 2 is 1.95 bits per heavy atom. The first-order chi connectivity index (χ1) is 9.78. The molecule has 3 rings (SSSR count). The average Bonchev–Trinajstić information content (AvgIpc) is 2.49. The third-order valence-corrected chi connectivity index (χ3v) is 4.09. The summed E-state index contributed by atoms with van der Waals surface area (Å²) in [6, 6.07) is 15.1. The van der Waals surface area contributed by atoms with Crippen LogP contribution in [0.25, 0.3) is 10.8 Å². The molecule has 0 amide bonds. The van der Waals surface area contributed by atoms with Crippen LogP contribution >= 0.6 is 11.8 Å². The number of nitrogens with zero attached hydrogens (tertiary/aromatic N) is 1. The predicted octanol–water partition coefficient (Wildman–Crippen LogP) is 4.10. The largest absolute Gasteiger partial charge is 0.507 e. The summed E-state index contributed by atoms with van der Waals surface area (Å²) in [7, 11) is 1.65. The van der Waals surface area contributed by atoms with Gasteiger partial charge in [-0.3, -0.25) is 0 Å². The molecule has 0 radical (unpaired) electrons. The van der Waals surface area contributed by atoms with Crippen molar-refractivity contribution in [3.63, 3.8) is 0 Å². The van der Waals surface area contributed by atoms with Crippen molar-refractivity contribution in [3.8, 4) is 11.5 Å². The van der Waals surface area contributed by atoms with Gasteiger partial charge >= 0.3 is 0 Å². The highest BCUT2D eigenvalue weighted by molar-refractivity contribution is 7.99. The third kappa shape index (κ3) is 2.42. The van der Waals surface area contributed by atoms with Gasteiger partial charge in [0.05, 0.1) is 12.0 Å². The monoisotopic (exact) mass is 283 g/mol. The molecule has 0 bridgehead atoms. The number of benzene rings is 2. The number of fused-ring (bicyclic) bond motifs is 1. The molecule has 100 valence electrons. The molecule has 1 heterocycles. The fourth-order valence-corrected chi connectivity index (χ4v) is 2.92. The minimum absolute atomic E-state index is 0.268. The lowest BCUT2D eigenvalue weighted by Crippen LogP contribution is -1.86. The third-order valence-electron chi connectivity index (χ3n) is 3.01. The number of ether oxygens (including phenoxy) is 1. The van der Waals surface area contributed by atoms with Crippen LogP contribution in [-0.2, 0) is 0 Å². The summed E-state index contributed by atoms with van der Waals surface area (Å²) in [6.45, 7) is 0. The lowest BCUT2D eigenvalue weighted by Gasteiger charge is -2.08. The first-order valence-electron chi connectivity index (χ1n) is 6.16. The van der Waals surface area contributed by atoms with Crippen molar-refractivity contribution >= 4 is 22.5 Å². The van der Waals surface area contributed by atoms with Crippen LogP contribution in [0.1, 0.15) is 0 Å². The van der Waals surface area contributed by atoms with Gasteiger partial charge in [0.25, 0.3) is 0 Å². The molecule has 4 heteroatoms. The Morgan fingerprint density at radius 3 is 2.75 bits per heavy atom. The van der Waals surface area contributed by atoms with Crippen molar-refractivity contribution < 1.29 is 9.84 Å². The van der Waals surface area contributed by atoms with Crippen molar-refractivity contribution in [2.24, 2.45) is 0 Å². The molecule has 20 heavy (non-hydrogen) atoms. The summed E-state index contributed by atoms with van der Waals surface area (Å²) < 4.78 is 5.23. The van der Waals surface area contributed by atoms with E-state index in [4.69, 9.17) is 4.74 Å². The van der Waals surface area contributed by atoms with Crippen molar-refractivity contribution in [1.82, 2.24) is 4.98 Å². The highest BCUT2D eigenvalue weighted by Gasteiger charge is 2.08. The molecule has 2 aromatic carbocycles. The number of hydrogen-bond donors (Lipinski definition) is 1.